The molecule has 2 aromatic carbocycles. The van der Waals surface area contributed by atoms with Crippen molar-refractivity contribution in [3.63, 3.8) is 0 Å². The van der Waals surface area contributed by atoms with E-state index in [0.717, 1.165) is 0 Å². The molecule has 1 N–H and O–H groups in total. The number of ether oxygens (including phenoxy) is 1. The van der Waals surface area contributed by atoms with Crippen LogP contribution in [0.4, 0.5) is 6.01 Å². The number of aryl methyl sites for hydroxylation is 1. The van der Waals surface area contributed by atoms with Gasteiger partial charge in [0.15, 0.2) is 9.84 Å². The molecule has 0 atom stereocenters. The molecule has 0 aliphatic carbocycles. The molecule has 1 aromatic heterocycles. The summed E-state index contributed by atoms with van der Waals surface area (Å²) >= 11 is 0. The second kappa shape index (κ2) is 8.00. The van der Waals surface area contributed by atoms with Gasteiger partial charge >= 0.3 is 6.01 Å². The van der Waals surface area contributed by atoms with Gasteiger partial charge in [-0.1, -0.05) is 29.4 Å². The van der Waals surface area contributed by atoms with Gasteiger partial charge < -0.3 is 9.15 Å². The van der Waals surface area contributed by atoms with E-state index in [-0.39, 0.29) is 29.0 Å². The summed E-state index contributed by atoms with van der Waals surface area (Å²) in [7, 11) is -1.95. The number of nitrogens with zero attached hydrogens (tertiary/aromatic N) is 2. The molecule has 0 bridgehead atoms. The average molecular weight is 387 g/mol. The summed E-state index contributed by atoms with van der Waals surface area (Å²) in [4.78, 5) is 12.4. The summed E-state index contributed by atoms with van der Waals surface area (Å²) in [5.74, 6) is 0.0408. The first-order valence-electron chi connectivity index (χ1n) is 8.03. The van der Waals surface area contributed by atoms with Crippen LogP contribution in [-0.4, -0.2) is 37.4 Å². The number of carbonyl (C=O) groups excluding carboxylic acids is 1. The number of sulfone groups is 1. The standard InChI is InChI=1S/C18H17N3O5S/c1-25-14-7-5-6-13(12-14)17(22)19-18-21-20-16(26-18)10-11-27(23,24)15-8-3-2-4-9-15/h2-9,12H,10-11H2,1H3,(H,19,21,22). The summed E-state index contributed by atoms with van der Waals surface area (Å²) in [6.07, 6.45) is 0.0409. The molecule has 27 heavy (non-hydrogen) atoms. The Balaban J connectivity index is 1.62. The number of carbonyl (C=O) groups is 1. The predicted molar refractivity (Wildman–Crippen MR) is 97.4 cm³/mol. The lowest BCUT2D eigenvalue weighted by Gasteiger charge is -2.03. The van der Waals surface area contributed by atoms with Crippen molar-refractivity contribution >= 4 is 21.8 Å². The predicted octanol–water partition coefficient (Wildman–Crippen LogP) is 2.35. The number of anilines is 1. The van der Waals surface area contributed by atoms with Crippen molar-refractivity contribution in [3.05, 3.63) is 66.1 Å². The first kappa shape index (κ1) is 18.6. The van der Waals surface area contributed by atoms with Gasteiger partial charge in [0, 0.05) is 12.0 Å². The quantitative estimate of drug-likeness (QED) is 0.662. The number of hydrogen-bond acceptors (Lipinski definition) is 7. The van der Waals surface area contributed by atoms with Gasteiger partial charge in [0.05, 0.1) is 17.8 Å². The molecule has 0 radical (unpaired) electrons. The van der Waals surface area contributed by atoms with E-state index in [4.69, 9.17) is 9.15 Å². The Morgan fingerprint density at radius 1 is 1.11 bits per heavy atom. The van der Waals surface area contributed by atoms with Crippen molar-refractivity contribution in [2.45, 2.75) is 11.3 Å². The van der Waals surface area contributed by atoms with Crippen molar-refractivity contribution in [2.75, 3.05) is 18.2 Å². The molecule has 3 rings (SSSR count). The first-order valence-corrected chi connectivity index (χ1v) is 9.69. The molecule has 3 aromatic rings. The molecular weight excluding hydrogens is 370 g/mol. The Morgan fingerprint density at radius 3 is 2.63 bits per heavy atom. The van der Waals surface area contributed by atoms with E-state index < -0.39 is 15.7 Å². The summed E-state index contributed by atoms with van der Waals surface area (Å²) in [5, 5.41) is 9.97. The molecule has 0 spiro atoms. The van der Waals surface area contributed by atoms with E-state index in [9.17, 15) is 13.2 Å². The van der Waals surface area contributed by atoms with Gasteiger partial charge in [-0.15, -0.1) is 5.10 Å². The maximum Gasteiger partial charge on any atom is 0.322 e. The summed E-state index contributed by atoms with van der Waals surface area (Å²) < 4.78 is 34.9. The fourth-order valence-corrected chi connectivity index (χ4v) is 3.56. The van der Waals surface area contributed by atoms with Gasteiger partial charge in [-0.3, -0.25) is 10.1 Å². The highest BCUT2D eigenvalue weighted by Crippen LogP contribution is 2.16. The number of nitrogens with one attached hydrogen (secondary N) is 1. The van der Waals surface area contributed by atoms with Crippen LogP contribution in [0.15, 0.2) is 63.9 Å². The highest BCUT2D eigenvalue weighted by Gasteiger charge is 2.17. The van der Waals surface area contributed by atoms with Crippen LogP contribution in [0.25, 0.3) is 0 Å². The van der Waals surface area contributed by atoms with Gasteiger partial charge in [0.1, 0.15) is 5.75 Å². The van der Waals surface area contributed by atoms with Crippen molar-refractivity contribution in [1.29, 1.82) is 0 Å². The molecule has 0 fully saturated rings. The van der Waals surface area contributed by atoms with Crippen LogP contribution >= 0.6 is 0 Å². The number of hydrogen-bond donors (Lipinski definition) is 1. The molecule has 1 amide bonds. The largest absolute Gasteiger partial charge is 0.497 e. The minimum Gasteiger partial charge on any atom is -0.497 e. The zero-order valence-corrected chi connectivity index (χ0v) is 15.3. The van der Waals surface area contributed by atoms with E-state index in [1.165, 1.54) is 19.2 Å². The Labute approximate surface area is 156 Å². The molecule has 0 aliphatic heterocycles. The number of amides is 1. The lowest BCUT2D eigenvalue weighted by Crippen LogP contribution is -2.12. The Hall–Kier alpha value is -3.20. The summed E-state index contributed by atoms with van der Waals surface area (Å²) in [5.41, 5.74) is 0.362. The summed E-state index contributed by atoms with van der Waals surface area (Å²) in [6, 6.07) is 14.6. The zero-order chi connectivity index (χ0) is 19.3. The summed E-state index contributed by atoms with van der Waals surface area (Å²) in [6.45, 7) is 0. The number of methoxy groups -OCH3 is 1. The zero-order valence-electron chi connectivity index (χ0n) is 14.5. The maximum absolute atomic E-state index is 12.3. The Kier molecular flexibility index (Phi) is 5.51. The topological polar surface area (TPSA) is 111 Å². The van der Waals surface area contributed by atoms with E-state index in [0.29, 0.717) is 11.3 Å². The Bertz CT molecular complexity index is 1030. The molecule has 0 unspecified atom stereocenters. The first-order chi connectivity index (χ1) is 13.0. The number of rotatable bonds is 7. The van der Waals surface area contributed by atoms with Gasteiger partial charge in [-0.25, -0.2) is 8.42 Å². The molecule has 9 heteroatoms. The van der Waals surface area contributed by atoms with E-state index in [2.05, 4.69) is 15.5 Å². The average Bonchev–Trinajstić information content (AvgIpc) is 3.14. The van der Waals surface area contributed by atoms with Crippen LogP contribution in [0.5, 0.6) is 5.75 Å². The Morgan fingerprint density at radius 2 is 1.89 bits per heavy atom. The minimum absolute atomic E-state index is 0.0409. The van der Waals surface area contributed by atoms with E-state index >= 15 is 0 Å². The van der Waals surface area contributed by atoms with Gasteiger partial charge in [-0.05, 0) is 30.3 Å². The number of benzene rings is 2. The highest BCUT2D eigenvalue weighted by atomic mass is 32.2. The molecule has 0 saturated carbocycles. The fraction of sp³-hybridized carbons (Fsp3) is 0.167. The van der Waals surface area contributed by atoms with Crippen molar-refractivity contribution < 1.29 is 22.4 Å². The smallest absolute Gasteiger partial charge is 0.322 e. The van der Waals surface area contributed by atoms with Crippen LogP contribution in [0.3, 0.4) is 0 Å². The van der Waals surface area contributed by atoms with E-state index in [1.807, 2.05) is 0 Å². The van der Waals surface area contributed by atoms with Crippen LogP contribution < -0.4 is 10.1 Å². The van der Waals surface area contributed by atoms with Crippen LogP contribution in [0, 0.1) is 0 Å². The second-order valence-corrected chi connectivity index (χ2v) is 7.68. The third kappa shape index (κ3) is 4.70. The highest BCUT2D eigenvalue weighted by molar-refractivity contribution is 7.91. The second-order valence-electron chi connectivity index (χ2n) is 5.57. The van der Waals surface area contributed by atoms with Gasteiger partial charge in [-0.2, -0.15) is 0 Å². The molecular formula is C18H17N3O5S. The number of aromatic nitrogens is 2. The minimum atomic E-state index is -3.45. The normalized spacial score (nSPS) is 11.1. The lowest BCUT2D eigenvalue weighted by molar-refractivity contribution is 0.102. The SMILES string of the molecule is COc1cccc(C(=O)Nc2nnc(CCS(=O)(=O)c3ccccc3)o2)c1. The maximum atomic E-state index is 12.3. The van der Waals surface area contributed by atoms with Crippen molar-refractivity contribution in [2.24, 2.45) is 0 Å². The van der Waals surface area contributed by atoms with Gasteiger partial charge in [0.2, 0.25) is 5.89 Å². The fourth-order valence-electron chi connectivity index (χ4n) is 2.31. The van der Waals surface area contributed by atoms with Crippen LogP contribution in [0.2, 0.25) is 0 Å². The molecule has 0 saturated heterocycles. The third-order valence-electron chi connectivity index (χ3n) is 3.71. The van der Waals surface area contributed by atoms with Gasteiger partial charge in [0.25, 0.3) is 5.91 Å². The molecule has 0 aliphatic rings. The van der Waals surface area contributed by atoms with Crippen LogP contribution in [-0.2, 0) is 16.3 Å². The molecule has 1 heterocycles. The molecule has 8 nitrogen and oxygen atoms in total. The van der Waals surface area contributed by atoms with Crippen molar-refractivity contribution in [1.82, 2.24) is 10.2 Å². The van der Waals surface area contributed by atoms with Crippen molar-refractivity contribution in [3.8, 4) is 5.75 Å². The monoisotopic (exact) mass is 387 g/mol. The van der Waals surface area contributed by atoms with Crippen LogP contribution in [0.1, 0.15) is 16.2 Å². The lowest BCUT2D eigenvalue weighted by atomic mass is 10.2. The van der Waals surface area contributed by atoms with E-state index in [1.54, 1.807) is 42.5 Å². The molecule has 140 valence electrons. The third-order valence-corrected chi connectivity index (χ3v) is 5.44.